The van der Waals surface area contributed by atoms with E-state index in [1.54, 1.807) is 0 Å². The quantitative estimate of drug-likeness (QED) is 0.190. The van der Waals surface area contributed by atoms with Gasteiger partial charge in [-0.3, -0.25) is 19.3 Å². The number of nitrogens with one attached hydrogen (secondary N) is 3. The number of ether oxygens (including phenoxy) is 2. The topological polar surface area (TPSA) is 126 Å². The van der Waals surface area contributed by atoms with Crippen LogP contribution in [0.15, 0.2) is 91.0 Å². The number of nitrogens with zero attached hydrogens (tertiary/aromatic N) is 1. The first-order chi connectivity index (χ1) is 23.3. The van der Waals surface area contributed by atoms with Gasteiger partial charge in [0.2, 0.25) is 17.7 Å². The summed E-state index contributed by atoms with van der Waals surface area (Å²) in [6.45, 7) is 6.43. The van der Waals surface area contributed by atoms with E-state index in [-0.39, 0.29) is 31.4 Å². The number of carbonyl (C=O) groups excluding carboxylic acids is 4. The maximum absolute atomic E-state index is 13.9. The molecule has 3 aromatic rings. The number of benzene rings is 3. The summed E-state index contributed by atoms with van der Waals surface area (Å²) in [7, 11) is 0. The first kappa shape index (κ1) is 36.3. The molecule has 3 N–H and O–H groups in total. The molecule has 1 fully saturated rings. The molecule has 10 nitrogen and oxygen atoms in total. The van der Waals surface area contributed by atoms with Gasteiger partial charge in [0.25, 0.3) is 0 Å². The minimum absolute atomic E-state index is 0.0691. The molecule has 0 bridgehead atoms. The molecule has 4 atom stereocenters. The molecular formula is C38H48N4O6. The summed E-state index contributed by atoms with van der Waals surface area (Å²) in [6.07, 6.45) is 1.72. The molecule has 48 heavy (non-hydrogen) atoms. The lowest BCUT2D eigenvalue weighted by molar-refractivity contribution is -0.149. The zero-order valence-corrected chi connectivity index (χ0v) is 27.9. The predicted molar refractivity (Wildman–Crippen MR) is 184 cm³/mol. The number of amides is 3. The Morgan fingerprint density at radius 2 is 1.33 bits per heavy atom. The van der Waals surface area contributed by atoms with E-state index in [1.807, 2.05) is 110 Å². The van der Waals surface area contributed by atoms with Crippen molar-refractivity contribution >= 4 is 23.7 Å². The van der Waals surface area contributed by atoms with Crippen molar-refractivity contribution in [2.24, 2.45) is 5.92 Å². The maximum atomic E-state index is 13.9. The standard InChI is InChI=1S/C38H48N4O6/c1-3-28(2)35(37(45)40-33(25-30-15-9-5-10-16-30)38(46)48-27-31-17-11-6-12-18-31)41-36(44)32(20-19-29-13-7-4-8-14-29)39-34(43)26-42-21-23-47-24-22-42/h4-18,28,32-33,35H,3,19-27H2,1-2H3,(H,39,43)(H,40,45)(H,41,44)/t28?,32-,33-,35-/m0/s1. The molecule has 0 radical (unpaired) electrons. The van der Waals surface area contributed by atoms with Crippen molar-refractivity contribution in [2.45, 2.75) is 64.3 Å². The van der Waals surface area contributed by atoms with Crippen LogP contribution in [0.1, 0.15) is 43.4 Å². The lowest BCUT2D eigenvalue weighted by Crippen LogP contribution is -2.58. The van der Waals surface area contributed by atoms with E-state index in [1.165, 1.54) is 0 Å². The van der Waals surface area contributed by atoms with Crippen LogP contribution in [0, 0.1) is 5.92 Å². The van der Waals surface area contributed by atoms with Gasteiger partial charge in [-0.05, 0) is 35.4 Å². The number of esters is 1. The zero-order valence-electron chi connectivity index (χ0n) is 27.9. The Bertz CT molecular complexity index is 1430. The molecule has 1 aliphatic heterocycles. The van der Waals surface area contributed by atoms with Crippen LogP contribution in [0.5, 0.6) is 0 Å². The normalized spacial score (nSPS) is 15.7. The van der Waals surface area contributed by atoms with E-state index in [2.05, 4.69) is 16.0 Å². The summed E-state index contributed by atoms with van der Waals surface area (Å²) in [6, 6.07) is 25.7. The highest BCUT2D eigenvalue weighted by atomic mass is 16.5. The third kappa shape index (κ3) is 11.9. The van der Waals surface area contributed by atoms with Gasteiger partial charge in [-0.1, -0.05) is 111 Å². The molecule has 4 rings (SSSR count). The molecule has 1 saturated heterocycles. The van der Waals surface area contributed by atoms with Gasteiger partial charge < -0.3 is 25.4 Å². The van der Waals surface area contributed by atoms with Gasteiger partial charge in [0, 0.05) is 19.5 Å². The molecule has 1 unspecified atom stereocenters. The first-order valence-corrected chi connectivity index (χ1v) is 16.8. The lowest BCUT2D eigenvalue weighted by atomic mass is 9.96. The van der Waals surface area contributed by atoms with E-state index in [4.69, 9.17) is 9.47 Å². The molecule has 1 heterocycles. The fraction of sp³-hybridized carbons (Fsp3) is 0.421. The summed E-state index contributed by atoms with van der Waals surface area (Å²) in [5.41, 5.74) is 2.72. The Hall–Kier alpha value is -4.54. The molecule has 0 saturated carbocycles. The summed E-state index contributed by atoms with van der Waals surface area (Å²) in [5.74, 6) is -2.03. The molecule has 1 aliphatic rings. The van der Waals surface area contributed by atoms with Crippen LogP contribution in [-0.2, 0) is 48.1 Å². The number of hydrogen-bond acceptors (Lipinski definition) is 7. The molecule has 3 aromatic carbocycles. The maximum Gasteiger partial charge on any atom is 0.329 e. The molecule has 256 valence electrons. The van der Waals surface area contributed by atoms with Crippen molar-refractivity contribution in [3.63, 3.8) is 0 Å². The Balaban J connectivity index is 1.47. The SMILES string of the molecule is CCC(C)[C@H](NC(=O)[C@H](CCc1ccccc1)NC(=O)CN1CCOCC1)C(=O)N[C@@H](Cc1ccccc1)C(=O)OCc1ccccc1. The molecule has 10 heteroatoms. The van der Waals surface area contributed by atoms with Crippen LogP contribution in [0.4, 0.5) is 0 Å². The van der Waals surface area contributed by atoms with Crippen molar-refractivity contribution in [1.82, 2.24) is 20.9 Å². The summed E-state index contributed by atoms with van der Waals surface area (Å²) < 4.78 is 11.0. The van der Waals surface area contributed by atoms with Gasteiger partial charge in [0.05, 0.1) is 19.8 Å². The van der Waals surface area contributed by atoms with Crippen molar-refractivity contribution < 1.29 is 28.7 Å². The second-order valence-electron chi connectivity index (χ2n) is 12.2. The largest absolute Gasteiger partial charge is 0.459 e. The number of aryl methyl sites for hydroxylation is 1. The third-order valence-electron chi connectivity index (χ3n) is 8.59. The summed E-state index contributed by atoms with van der Waals surface area (Å²) >= 11 is 0. The zero-order chi connectivity index (χ0) is 34.1. The third-order valence-corrected chi connectivity index (χ3v) is 8.59. The number of hydrogen-bond donors (Lipinski definition) is 3. The fourth-order valence-electron chi connectivity index (χ4n) is 5.52. The number of morpholine rings is 1. The van der Waals surface area contributed by atoms with E-state index in [0.29, 0.717) is 45.6 Å². The smallest absolute Gasteiger partial charge is 0.329 e. The molecule has 0 aromatic heterocycles. The average Bonchev–Trinajstić information content (AvgIpc) is 3.12. The van der Waals surface area contributed by atoms with Crippen LogP contribution in [0.25, 0.3) is 0 Å². The monoisotopic (exact) mass is 656 g/mol. The van der Waals surface area contributed by atoms with Crippen LogP contribution < -0.4 is 16.0 Å². The predicted octanol–water partition coefficient (Wildman–Crippen LogP) is 3.44. The average molecular weight is 657 g/mol. The van der Waals surface area contributed by atoms with Crippen LogP contribution in [0.2, 0.25) is 0 Å². The highest BCUT2D eigenvalue weighted by Crippen LogP contribution is 2.13. The Morgan fingerprint density at radius 1 is 0.750 bits per heavy atom. The number of rotatable bonds is 17. The number of carbonyl (C=O) groups is 4. The molecule has 0 aliphatic carbocycles. The fourth-order valence-corrected chi connectivity index (χ4v) is 5.52. The van der Waals surface area contributed by atoms with Crippen molar-refractivity contribution in [3.8, 4) is 0 Å². The van der Waals surface area contributed by atoms with Crippen LogP contribution >= 0.6 is 0 Å². The highest BCUT2D eigenvalue weighted by molar-refractivity contribution is 5.94. The second kappa shape index (κ2) is 19.3. The van der Waals surface area contributed by atoms with Crippen molar-refractivity contribution in [1.29, 1.82) is 0 Å². The van der Waals surface area contributed by atoms with Gasteiger partial charge in [-0.2, -0.15) is 0 Å². The highest BCUT2D eigenvalue weighted by Gasteiger charge is 2.33. The van der Waals surface area contributed by atoms with E-state index < -0.39 is 35.9 Å². The Kier molecular flexibility index (Phi) is 14.6. The van der Waals surface area contributed by atoms with Gasteiger partial charge in [0.1, 0.15) is 24.7 Å². The van der Waals surface area contributed by atoms with E-state index in [0.717, 1.165) is 16.7 Å². The molecular weight excluding hydrogens is 608 g/mol. The van der Waals surface area contributed by atoms with E-state index >= 15 is 0 Å². The van der Waals surface area contributed by atoms with Gasteiger partial charge >= 0.3 is 5.97 Å². The van der Waals surface area contributed by atoms with E-state index in [9.17, 15) is 19.2 Å². The second-order valence-corrected chi connectivity index (χ2v) is 12.2. The molecule has 3 amide bonds. The summed E-state index contributed by atoms with van der Waals surface area (Å²) in [4.78, 5) is 56.2. The van der Waals surface area contributed by atoms with Crippen LogP contribution in [-0.4, -0.2) is 79.6 Å². The van der Waals surface area contributed by atoms with Crippen LogP contribution in [0.3, 0.4) is 0 Å². The van der Waals surface area contributed by atoms with Crippen molar-refractivity contribution in [3.05, 3.63) is 108 Å². The lowest BCUT2D eigenvalue weighted by Gasteiger charge is -2.29. The van der Waals surface area contributed by atoms with Crippen molar-refractivity contribution in [2.75, 3.05) is 32.8 Å². The Labute approximate surface area is 283 Å². The first-order valence-electron chi connectivity index (χ1n) is 16.8. The van der Waals surface area contributed by atoms with Gasteiger partial charge in [-0.25, -0.2) is 4.79 Å². The minimum atomic E-state index is -0.978. The minimum Gasteiger partial charge on any atom is -0.459 e. The summed E-state index contributed by atoms with van der Waals surface area (Å²) in [5, 5.41) is 8.73. The molecule has 0 spiro atoms. The van der Waals surface area contributed by atoms with Gasteiger partial charge in [-0.15, -0.1) is 0 Å². The van der Waals surface area contributed by atoms with Gasteiger partial charge in [0.15, 0.2) is 0 Å². The Morgan fingerprint density at radius 3 is 1.94 bits per heavy atom.